The van der Waals surface area contributed by atoms with E-state index in [4.69, 9.17) is 4.42 Å². The third kappa shape index (κ3) is 3.14. The molecule has 1 saturated heterocycles. The first kappa shape index (κ1) is 17.5. The van der Waals surface area contributed by atoms with Crippen LogP contribution in [-0.2, 0) is 10.0 Å². The molecule has 0 radical (unpaired) electrons. The molecular weight excluding hydrogens is 361 g/mol. The molecule has 0 N–H and O–H groups in total. The van der Waals surface area contributed by atoms with Gasteiger partial charge in [0.05, 0.1) is 11.8 Å². The van der Waals surface area contributed by atoms with Crippen molar-refractivity contribution in [1.29, 1.82) is 0 Å². The zero-order valence-electron chi connectivity index (χ0n) is 12.8. The summed E-state index contributed by atoms with van der Waals surface area (Å²) in [5, 5.41) is 0. The van der Waals surface area contributed by atoms with Crippen molar-refractivity contribution >= 4 is 15.9 Å². The van der Waals surface area contributed by atoms with Gasteiger partial charge in [0.15, 0.2) is 17.5 Å². The van der Waals surface area contributed by atoms with Crippen LogP contribution in [-0.4, -0.2) is 49.7 Å². The first-order valence-corrected chi connectivity index (χ1v) is 8.71. The van der Waals surface area contributed by atoms with Crippen molar-refractivity contribution in [2.75, 3.05) is 26.2 Å². The lowest BCUT2D eigenvalue weighted by molar-refractivity contribution is 0.0697. The van der Waals surface area contributed by atoms with E-state index in [1.54, 1.807) is 0 Å². The predicted octanol–water partition coefficient (Wildman–Crippen LogP) is 1.84. The summed E-state index contributed by atoms with van der Waals surface area (Å²) in [6.45, 7) is -0.0300. The highest BCUT2D eigenvalue weighted by Gasteiger charge is 2.33. The van der Waals surface area contributed by atoms with Crippen molar-refractivity contribution in [2.45, 2.75) is 4.90 Å². The number of piperazine rings is 1. The summed E-state index contributed by atoms with van der Waals surface area (Å²) < 4.78 is 70.8. The Bertz CT molecular complexity index is 892. The molecule has 1 aromatic heterocycles. The SMILES string of the molecule is O=C(c1ccoc1)N1CCN(S(=O)(=O)c2ccc(F)c(F)c2F)CC1. The van der Waals surface area contributed by atoms with Gasteiger partial charge in [0.25, 0.3) is 5.91 Å². The molecule has 0 aliphatic carbocycles. The molecule has 1 aromatic carbocycles. The highest BCUT2D eigenvalue weighted by molar-refractivity contribution is 7.89. The first-order chi connectivity index (χ1) is 11.8. The number of sulfonamides is 1. The van der Waals surface area contributed by atoms with Gasteiger partial charge in [-0.05, 0) is 18.2 Å². The highest BCUT2D eigenvalue weighted by Crippen LogP contribution is 2.24. The standard InChI is InChI=1S/C15H13F3N2O4S/c16-11-1-2-12(14(18)13(11)17)25(22,23)20-6-4-19(5-7-20)15(21)10-3-8-24-9-10/h1-3,8-9H,4-7H2. The number of rotatable bonds is 3. The second-order valence-electron chi connectivity index (χ2n) is 5.38. The Morgan fingerprint density at radius 3 is 2.28 bits per heavy atom. The lowest BCUT2D eigenvalue weighted by Crippen LogP contribution is -2.50. The van der Waals surface area contributed by atoms with Crippen LogP contribution in [0.3, 0.4) is 0 Å². The third-order valence-electron chi connectivity index (χ3n) is 3.91. The van der Waals surface area contributed by atoms with Crippen LogP contribution in [0.25, 0.3) is 0 Å². The van der Waals surface area contributed by atoms with Crippen LogP contribution < -0.4 is 0 Å². The van der Waals surface area contributed by atoms with Crippen molar-refractivity contribution in [2.24, 2.45) is 0 Å². The van der Waals surface area contributed by atoms with Crippen LogP contribution in [0.4, 0.5) is 13.2 Å². The van der Waals surface area contributed by atoms with E-state index >= 15 is 0 Å². The molecule has 3 rings (SSSR count). The summed E-state index contributed by atoms with van der Waals surface area (Å²) >= 11 is 0. The maximum atomic E-state index is 13.8. The fourth-order valence-corrected chi connectivity index (χ4v) is 4.03. The number of carbonyl (C=O) groups is 1. The van der Waals surface area contributed by atoms with E-state index in [9.17, 15) is 26.4 Å². The number of halogens is 3. The summed E-state index contributed by atoms with van der Waals surface area (Å²) in [5.74, 6) is -5.37. The van der Waals surface area contributed by atoms with E-state index in [0.717, 1.165) is 4.31 Å². The average Bonchev–Trinajstić information content (AvgIpc) is 3.13. The fourth-order valence-electron chi connectivity index (χ4n) is 2.55. The molecule has 0 saturated carbocycles. The molecule has 0 unspecified atom stereocenters. The van der Waals surface area contributed by atoms with Crippen LogP contribution in [0, 0.1) is 17.5 Å². The van der Waals surface area contributed by atoms with Gasteiger partial charge >= 0.3 is 0 Å². The van der Waals surface area contributed by atoms with Crippen molar-refractivity contribution in [3.05, 3.63) is 53.7 Å². The second-order valence-corrected chi connectivity index (χ2v) is 7.29. The number of hydrogen-bond acceptors (Lipinski definition) is 4. The Labute approximate surface area is 141 Å². The van der Waals surface area contributed by atoms with Crippen LogP contribution >= 0.6 is 0 Å². The van der Waals surface area contributed by atoms with Crippen molar-refractivity contribution in [1.82, 2.24) is 9.21 Å². The lowest BCUT2D eigenvalue weighted by Gasteiger charge is -2.33. The molecule has 1 aliphatic heterocycles. The topological polar surface area (TPSA) is 70.8 Å². The molecular formula is C15H13F3N2O4S. The van der Waals surface area contributed by atoms with Crippen molar-refractivity contribution in [3.63, 3.8) is 0 Å². The molecule has 10 heteroatoms. The zero-order valence-corrected chi connectivity index (χ0v) is 13.6. The Morgan fingerprint density at radius 2 is 1.68 bits per heavy atom. The minimum absolute atomic E-state index is 0.0779. The maximum absolute atomic E-state index is 13.8. The third-order valence-corrected chi connectivity index (χ3v) is 5.83. The minimum atomic E-state index is -4.34. The molecule has 6 nitrogen and oxygen atoms in total. The van der Waals surface area contributed by atoms with E-state index in [0.29, 0.717) is 17.7 Å². The number of benzene rings is 1. The lowest BCUT2D eigenvalue weighted by atomic mass is 10.2. The van der Waals surface area contributed by atoms with Gasteiger partial charge in [0.1, 0.15) is 11.2 Å². The van der Waals surface area contributed by atoms with E-state index < -0.39 is 32.4 Å². The number of hydrogen-bond donors (Lipinski definition) is 0. The van der Waals surface area contributed by atoms with Gasteiger partial charge < -0.3 is 9.32 Å². The molecule has 25 heavy (non-hydrogen) atoms. The number of furan rings is 1. The fraction of sp³-hybridized carbons (Fsp3) is 0.267. The summed E-state index contributed by atoms with van der Waals surface area (Å²) in [5.41, 5.74) is 0.336. The summed E-state index contributed by atoms with van der Waals surface area (Å²) in [4.78, 5) is 12.7. The van der Waals surface area contributed by atoms with Gasteiger partial charge in [-0.15, -0.1) is 0 Å². The molecule has 2 heterocycles. The van der Waals surface area contributed by atoms with Crippen LogP contribution in [0.5, 0.6) is 0 Å². The van der Waals surface area contributed by atoms with E-state index in [1.165, 1.54) is 23.5 Å². The van der Waals surface area contributed by atoms with E-state index in [1.807, 2.05) is 0 Å². The van der Waals surface area contributed by atoms with Gasteiger partial charge in [-0.3, -0.25) is 4.79 Å². The number of nitrogens with zero attached hydrogens (tertiary/aromatic N) is 2. The summed E-state index contributed by atoms with van der Waals surface area (Å²) in [6, 6.07) is 2.73. The Kier molecular flexibility index (Phi) is 4.56. The molecule has 1 fully saturated rings. The van der Waals surface area contributed by atoms with Gasteiger partial charge in [0.2, 0.25) is 10.0 Å². The Hall–Kier alpha value is -2.33. The summed E-state index contributed by atoms with van der Waals surface area (Å²) in [6.07, 6.45) is 2.63. The normalized spacial score (nSPS) is 16.2. The first-order valence-electron chi connectivity index (χ1n) is 7.27. The summed E-state index contributed by atoms with van der Waals surface area (Å²) in [7, 11) is -4.34. The predicted molar refractivity (Wildman–Crippen MR) is 79.7 cm³/mol. The van der Waals surface area contributed by atoms with Gasteiger partial charge in [-0.2, -0.15) is 4.31 Å². The highest BCUT2D eigenvalue weighted by atomic mass is 32.2. The van der Waals surface area contributed by atoms with Crippen LogP contribution in [0.2, 0.25) is 0 Å². The van der Waals surface area contributed by atoms with Gasteiger partial charge in [-0.1, -0.05) is 0 Å². The van der Waals surface area contributed by atoms with Crippen molar-refractivity contribution < 1.29 is 30.8 Å². The number of carbonyl (C=O) groups excluding carboxylic acids is 1. The molecule has 0 bridgehead atoms. The molecule has 2 aromatic rings. The molecule has 1 aliphatic rings. The van der Waals surface area contributed by atoms with Crippen LogP contribution in [0.15, 0.2) is 40.0 Å². The van der Waals surface area contributed by atoms with Gasteiger partial charge in [-0.25, -0.2) is 21.6 Å². The Morgan fingerprint density at radius 1 is 1.00 bits per heavy atom. The maximum Gasteiger partial charge on any atom is 0.257 e. The zero-order chi connectivity index (χ0) is 18.2. The molecule has 1 amide bonds. The molecule has 0 atom stereocenters. The minimum Gasteiger partial charge on any atom is -0.472 e. The van der Waals surface area contributed by atoms with Crippen molar-refractivity contribution in [3.8, 4) is 0 Å². The van der Waals surface area contributed by atoms with Crippen LogP contribution in [0.1, 0.15) is 10.4 Å². The van der Waals surface area contributed by atoms with E-state index in [2.05, 4.69) is 0 Å². The molecule has 0 spiro atoms. The van der Waals surface area contributed by atoms with Gasteiger partial charge in [0, 0.05) is 26.2 Å². The largest absolute Gasteiger partial charge is 0.472 e. The number of amides is 1. The average molecular weight is 374 g/mol. The quantitative estimate of drug-likeness (QED) is 0.769. The monoisotopic (exact) mass is 374 g/mol. The molecule has 134 valence electrons. The van der Waals surface area contributed by atoms with E-state index in [-0.39, 0.29) is 32.1 Å². The second kappa shape index (κ2) is 6.52. The smallest absolute Gasteiger partial charge is 0.257 e. The Balaban J connectivity index is 1.76.